The quantitative estimate of drug-likeness (QED) is 0.719. The van der Waals surface area contributed by atoms with E-state index in [-0.39, 0.29) is 23.0 Å². The van der Waals surface area contributed by atoms with Crippen molar-refractivity contribution in [3.63, 3.8) is 0 Å². The van der Waals surface area contributed by atoms with E-state index in [9.17, 15) is 13.2 Å². The maximum absolute atomic E-state index is 13.0. The SMILES string of the molecule is Cc1noc(COC(=O)c2cccc(S(=O)(=O)N3CC(C)CC(C)C3)c2)n1. The number of aromatic nitrogens is 2. The minimum Gasteiger partial charge on any atom is -0.452 e. The first-order chi connectivity index (χ1) is 12.8. The Kier molecular flexibility index (Phi) is 5.61. The van der Waals surface area contributed by atoms with Gasteiger partial charge in [-0.15, -0.1) is 0 Å². The Morgan fingerprint density at radius 2 is 2.00 bits per heavy atom. The van der Waals surface area contributed by atoms with E-state index >= 15 is 0 Å². The highest BCUT2D eigenvalue weighted by Gasteiger charge is 2.32. The van der Waals surface area contributed by atoms with Gasteiger partial charge in [0, 0.05) is 13.1 Å². The van der Waals surface area contributed by atoms with Crippen LogP contribution in [-0.4, -0.2) is 41.9 Å². The van der Waals surface area contributed by atoms with Gasteiger partial charge in [-0.2, -0.15) is 9.29 Å². The van der Waals surface area contributed by atoms with E-state index in [0.717, 1.165) is 6.42 Å². The number of carbonyl (C=O) groups excluding carboxylic acids is 1. The molecule has 0 saturated carbocycles. The summed E-state index contributed by atoms with van der Waals surface area (Å²) in [4.78, 5) is 16.3. The predicted octanol–water partition coefficient (Wildman–Crippen LogP) is 2.40. The van der Waals surface area contributed by atoms with Gasteiger partial charge in [0.05, 0.1) is 10.5 Å². The second kappa shape index (κ2) is 7.77. The molecule has 1 aliphatic rings. The summed E-state index contributed by atoms with van der Waals surface area (Å²) in [6.07, 6.45) is 1.01. The molecule has 0 amide bonds. The average Bonchev–Trinajstić information content (AvgIpc) is 3.04. The molecule has 1 saturated heterocycles. The molecule has 27 heavy (non-hydrogen) atoms. The Morgan fingerprint density at radius 3 is 2.63 bits per heavy atom. The van der Waals surface area contributed by atoms with Crippen molar-refractivity contribution in [2.75, 3.05) is 13.1 Å². The van der Waals surface area contributed by atoms with Crippen molar-refractivity contribution in [3.05, 3.63) is 41.5 Å². The van der Waals surface area contributed by atoms with E-state index in [1.54, 1.807) is 6.92 Å². The summed E-state index contributed by atoms with van der Waals surface area (Å²) in [6.45, 7) is 6.55. The van der Waals surface area contributed by atoms with Crippen LogP contribution in [0.15, 0.2) is 33.7 Å². The van der Waals surface area contributed by atoms with Crippen molar-refractivity contribution in [2.24, 2.45) is 11.8 Å². The van der Waals surface area contributed by atoms with Gasteiger partial charge in [-0.05, 0) is 43.4 Å². The third-order valence-electron chi connectivity index (χ3n) is 4.44. The molecule has 146 valence electrons. The van der Waals surface area contributed by atoms with E-state index in [1.165, 1.54) is 28.6 Å². The number of benzene rings is 1. The second-order valence-corrected chi connectivity index (χ2v) is 9.05. The van der Waals surface area contributed by atoms with Crippen LogP contribution in [0.3, 0.4) is 0 Å². The molecule has 2 heterocycles. The lowest BCUT2D eigenvalue weighted by atomic mass is 9.94. The van der Waals surface area contributed by atoms with E-state index < -0.39 is 16.0 Å². The number of esters is 1. The number of piperidine rings is 1. The van der Waals surface area contributed by atoms with Gasteiger partial charge >= 0.3 is 5.97 Å². The summed E-state index contributed by atoms with van der Waals surface area (Å²) in [5.41, 5.74) is 0.158. The summed E-state index contributed by atoms with van der Waals surface area (Å²) in [5.74, 6) is 0.576. The lowest BCUT2D eigenvalue weighted by Crippen LogP contribution is -2.42. The normalized spacial score (nSPS) is 21.1. The van der Waals surface area contributed by atoms with Gasteiger partial charge in [0.25, 0.3) is 5.89 Å². The monoisotopic (exact) mass is 393 g/mol. The third-order valence-corrected chi connectivity index (χ3v) is 6.27. The van der Waals surface area contributed by atoms with Crippen molar-refractivity contribution in [1.29, 1.82) is 0 Å². The first-order valence-corrected chi connectivity index (χ1v) is 10.3. The van der Waals surface area contributed by atoms with Gasteiger partial charge in [-0.3, -0.25) is 0 Å². The Balaban J connectivity index is 1.75. The Morgan fingerprint density at radius 1 is 1.30 bits per heavy atom. The Hall–Kier alpha value is -2.26. The van der Waals surface area contributed by atoms with Crippen molar-refractivity contribution >= 4 is 16.0 Å². The molecule has 3 rings (SSSR count). The highest BCUT2D eigenvalue weighted by atomic mass is 32.2. The van der Waals surface area contributed by atoms with Gasteiger partial charge in [-0.1, -0.05) is 25.1 Å². The van der Waals surface area contributed by atoms with E-state index in [1.807, 2.05) is 13.8 Å². The molecule has 8 nitrogen and oxygen atoms in total. The summed E-state index contributed by atoms with van der Waals surface area (Å²) in [7, 11) is -3.66. The third kappa shape index (κ3) is 4.54. The molecule has 2 unspecified atom stereocenters. The zero-order valence-electron chi connectivity index (χ0n) is 15.6. The number of aryl methyl sites for hydroxylation is 1. The number of carbonyl (C=O) groups is 1. The maximum atomic E-state index is 13.0. The molecule has 0 radical (unpaired) electrons. The van der Waals surface area contributed by atoms with Crippen LogP contribution in [0.5, 0.6) is 0 Å². The fourth-order valence-corrected chi connectivity index (χ4v) is 5.07. The fraction of sp³-hybridized carbons (Fsp3) is 0.500. The molecule has 2 atom stereocenters. The minimum atomic E-state index is -3.66. The molecule has 1 aliphatic heterocycles. The number of hydrogen-bond acceptors (Lipinski definition) is 7. The van der Waals surface area contributed by atoms with Gasteiger partial charge in [0.1, 0.15) is 0 Å². The molecular formula is C18H23N3O5S. The van der Waals surface area contributed by atoms with Crippen LogP contribution in [0.2, 0.25) is 0 Å². The summed E-state index contributed by atoms with van der Waals surface area (Å²) < 4.78 is 37.5. The Bertz CT molecular complexity index is 915. The molecule has 2 aromatic rings. The summed E-state index contributed by atoms with van der Waals surface area (Å²) >= 11 is 0. The van der Waals surface area contributed by atoms with Gasteiger partial charge in [0.15, 0.2) is 12.4 Å². The highest BCUT2D eigenvalue weighted by Crippen LogP contribution is 2.27. The van der Waals surface area contributed by atoms with Crippen LogP contribution in [0.4, 0.5) is 0 Å². The van der Waals surface area contributed by atoms with Gasteiger partial charge in [-0.25, -0.2) is 13.2 Å². The number of nitrogens with zero attached hydrogens (tertiary/aromatic N) is 3. The van der Waals surface area contributed by atoms with E-state index in [4.69, 9.17) is 9.26 Å². The molecule has 9 heteroatoms. The van der Waals surface area contributed by atoms with Crippen LogP contribution in [0.1, 0.15) is 42.3 Å². The van der Waals surface area contributed by atoms with Crippen LogP contribution >= 0.6 is 0 Å². The average molecular weight is 393 g/mol. The molecule has 1 fully saturated rings. The van der Waals surface area contributed by atoms with Crippen molar-refractivity contribution in [2.45, 2.75) is 38.7 Å². The molecule has 1 aromatic carbocycles. The standard InChI is InChI=1S/C18H23N3O5S/c1-12-7-13(2)10-21(9-12)27(23,24)16-6-4-5-15(8-16)18(22)25-11-17-19-14(3)20-26-17/h4-6,8,12-13H,7,9-11H2,1-3H3. The van der Waals surface area contributed by atoms with E-state index in [0.29, 0.717) is 30.7 Å². The van der Waals surface area contributed by atoms with Crippen LogP contribution < -0.4 is 0 Å². The fourth-order valence-electron chi connectivity index (χ4n) is 3.34. The molecular weight excluding hydrogens is 370 g/mol. The Labute approximate surface area is 158 Å². The number of rotatable bonds is 5. The molecule has 0 N–H and O–H groups in total. The zero-order valence-corrected chi connectivity index (χ0v) is 16.4. The van der Waals surface area contributed by atoms with Crippen LogP contribution in [-0.2, 0) is 21.4 Å². The molecule has 0 bridgehead atoms. The van der Waals surface area contributed by atoms with Crippen molar-refractivity contribution < 1.29 is 22.5 Å². The van der Waals surface area contributed by atoms with Crippen LogP contribution in [0.25, 0.3) is 0 Å². The van der Waals surface area contributed by atoms with Crippen molar-refractivity contribution in [1.82, 2.24) is 14.4 Å². The minimum absolute atomic E-state index is 0.0897. The molecule has 1 aromatic heterocycles. The smallest absolute Gasteiger partial charge is 0.338 e. The first kappa shape index (κ1) is 19.5. The topological polar surface area (TPSA) is 103 Å². The molecule has 0 spiro atoms. The predicted molar refractivity (Wildman–Crippen MR) is 96.3 cm³/mol. The van der Waals surface area contributed by atoms with E-state index in [2.05, 4.69) is 10.1 Å². The lowest BCUT2D eigenvalue weighted by molar-refractivity contribution is 0.0429. The lowest BCUT2D eigenvalue weighted by Gasteiger charge is -2.34. The summed E-state index contributed by atoms with van der Waals surface area (Å²) in [5, 5.41) is 3.62. The zero-order chi connectivity index (χ0) is 19.6. The van der Waals surface area contributed by atoms with Gasteiger partial charge < -0.3 is 9.26 Å². The largest absolute Gasteiger partial charge is 0.452 e. The second-order valence-electron chi connectivity index (χ2n) is 7.11. The maximum Gasteiger partial charge on any atom is 0.338 e. The summed E-state index contributed by atoms with van der Waals surface area (Å²) in [6, 6.07) is 5.90. The van der Waals surface area contributed by atoms with Crippen molar-refractivity contribution in [3.8, 4) is 0 Å². The van der Waals surface area contributed by atoms with Gasteiger partial charge in [0.2, 0.25) is 10.0 Å². The molecule has 0 aliphatic carbocycles. The highest BCUT2D eigenvalue weighted by molar-refractivity contribution is 7.89. The number of ether oxygens (including phenoxy) is 1. The van der Waals surface area contributed by atoms with Crippen LogP contribution in [0, 0.1) is 18.8 Å². The number of sulfonamides is 1. The first-order valence-electron chi connectivity index (χ1n) is 8.82. The number of hydrogen-bond donors (Lipinski definition) is 0.